The van der Waals surface area contributed by atoms with Gasteiger partial charge in [0.2, 0.25) is 12.7 Å². The maximum absolute atomic E-state index is 12.3. The molecule has 2 aliphatic rings. The SMILES string of the molecule is CCCCN1C(=O)S[C@@H](Cc2ccc3c(c2)OCO3)C1=O. The number of carbonyl (C=O) groups excluding carboxylic acids is 2. The number of fused-ring (bicyclic) bond motifs is 1. The molecule has 0 N–H and O–H groups in total. The Kier molecular flexibility index (Phi) is 4.05. The molecular formula is C15H17NO4S. The van der Waals surface area contributed by atoms with Gasteiger partial charge in [0, 0.05) is 6.54 Å². The van der Waals surface area contributed by atoms with Gasteiger partial charge in [0.15, 0.2) is 11.5 Å². The van der Waals surface area contributed by atoms with Crippen molar-refractivity contribution in [3.05, 3.63) is 23.8 Å². The smallest absolute Gasteiger partial charge is 0.289 e. The minimum Gasteiger partial charge on any atom is -0.454 e. The number of nitrogens with zero attached hydrogens (tertiary/aromatic N) is 1. The van der Waals surface area contributed by atoms with Crippen molar-refractivity contribution in [3.8, 4) is 11.5 Å². The van der Waals surface area contributed by atoms with Crippen LogP contribution in [0.25, 0.3) is 0 Å². The zero-order valence-electron chi connectivity index (χ0n) is 11.8. The van der Waals surface area contributed by atoms with Gasteiger partial charge in [-0.15, -0.1) is 0 Å². The van der Waals surface area contributed by atoms with E-state index in [9.17, 15) is 9.59 Å². The second-order valence-electron chi connectivity index (χ2n) is 5.11. The van der Waals surface area contributed by atoms with E-state index in [2.05, 4.69) is 0 Å². The molecule has 21 heavy (non-hydrogen) atoms. The van der Waals surface area contributed by atoms with Crippen LogP contribution in [0.5, 0.6) is 11.5 Å². The maximum atomic E-state index is 12.3. The Morgan fingerprint density at radius 1 is 1.29 bits per heavy atom. The van der Waals surface area contributed by atoms with Crippen LogP contribution < -0.4 is 9.47 Å². The van der Waals surface area contributed by atoms with Crippen molar-refractivity contribution in [2.24, 2.45) is 0 Å². The summed E-state index contributed by atoms with van der Waals surface area (Å²) in [6, 6.07) is 5.65. The van der Waals surface area contributed by atoms with E-state index in [1.54, 1.807) is 0 Å². The van der Waals surface area contributed by atoms with Crippen molar-refractivity contribution >= 4 is 22.9 Å². The predicted octanol–water partition coefficient (Wildman–Crippen LogP) is 2.82. The topological polar surface area (TPSA) is 55.8 Å². The quantitative estimate of drug-likeness (QED) is 0.837. The molecule has 0 saturated carbocycles. The molecule has 6 heteroatoms. The predicted molar refractivity (Wildman–Crippen MR) is 79.7 cm³/mol. The van der Waals surface area contributed by atoms with Crippen molar-refractivity contribution in [3.63, 3.8) is 0 Å². The van der Waals surface area contributed by atoms with E-state index >= 15 is 0 Å². The lowest BCUT2D eigenvalue weighted by atomic mass is 10.1. The first-order valence-electron chi connectivity index (χ1n) is 7.09. The number of rotatable bonds is 5. The van der Waals surface area contributed by atoms with Gasteiger partial charge in [0.25, 0.3) is 5.24 Å². The van der Waals surface area contributed by atoms with Crippen LogP contribution in [-0.4, -0.2) is 34.6 Å². The van der Waals surface area contributed by atoms with Crippen molar-refractivity contribution in [1.29, 1.82) is 0 Å². The number of carbonyl (C=O) groups is 2. The number of hydrogen-bond donors (Lipinski definition) is 0. The van der Waals surface area contributed by atoms with Gasteiger partial charge in [0.05, 0.1) is 5.25 Å². The Hall–Kier alpha value is -1.69. The fourth-order valence-electron chi connectivity index (χ4n) is 2.43. The molecule has 0 radical (unpaired) electrons. The molecule has 1 aromatic rings. The average Bonchev–Trinajstić information content (AvgIpc) is 3.03. The highest BCUT2D eigenvalue weighted by Gasteiger charge is 2.39. The summed E-state index contributed by atoms with van der Waals surface area (Å²) in [4.78, 5) is 25.6. The Labute approximate surface area is 127 Å². The minimum absolute atomic E-state index is 0.0730. The van der Waals surface area contributed by atoms with Gasteiger partial charge >= 0.3 is 0 Å². The summed E-state index contributed by atoms with van der Waals surface area (Å²) in [5, 5.41) is -0.450. The van der Waals surface area contributed by atoms with Crippen LogP contribution in [0.2, 0.25) is 0 Å². The Morgan fingerprint density at radius 2 is 2.10 bits per heavy atom. The van der Waals surface area contributed by atoms with Crippen LogP contribution in [0.15, 0.2) is 18.2 Å². The molecule has 1 aromatic carbocycles. The van der Waals surface area contributed by atoms with Crippen molar-refractivity contribution in [1.82, 2.24) is 4.90 Å². The number of unbranched alkanes of at least 4 members (excludes halogenated alkanes) is 1. The highest BCUT2D eigenvalue weighted by atomic mass is 32.2. The van der Waals surface area contributed by atoms with E-state index < -0.39 is 0 Å². The van der Waals surface area contributed by atoms with Crippen molar-refractivity contribution in [2.75, 3.05) is 13.3 Å². The molecule has 0 aliphatic carbocycles. The minimum atomic E-state index is -0.324. The number of ether oxygens (including phenoxy) is 2. The summed E-state index contributed by atoms with van der Waals surface area (Å²) in [5.74, 6) is 1.36. The van der Waals surface area contributed by atoms with Gasteiger partial charge in [-0.3, -0.25) is 14.5 Å². The first-order valence-corrected chi connectivity index (χ1v) is 7.97. The van der Waals surface area contributed by atoms with Crippen LogP contribution in [0.1, 0.15) is 25.3 Å². The third kappa shape index (κ3) is 2.85. The number of thioether (sulfide) groups is 1. The van der Waals surface area contributed by atoms with E-state index in [0.29, 0.717) is 18.7 Å². The average molecular weight is 307 g/mol. The highest BCUT2D eigenvalue weighted by molar-refractivity contribution is 8.15. The first-order chi connectivity index (χ1) is 10.2. The van der Waals surface area contributed by atoms with E-state index in [1.165, 1.54) is 4.90 Å². The fourth-order valence-corrected chi connectivity index (χ4v) is 3.48. The van der Waals surface area contributed by atoms with Gasteiger partial charge in [-0.2, -0.15) is 0 Å². The Morgan fingerprint density at radius 3 is 2.90 bits per heavy atom. The van der Waals surface area contributed by atoms with Crippen LogP contribution in [-0.2, 0) is 11.2 Å². The molecule has 2 amide bonds. The lowest BCUT2D eigenvalue weighted by Gasteiger charge is -2.13. The summed E-state index contributed by atoms with van der Waals surface area (Å²) in [7, 11) is 0. The summed E-state index contributed by atoms with van der Waals surface area (Å²) >= 11 is 1.13. The van der Waals surface area contributed by atoms with Crippen LogP contribution in [0.3, 0.4) is 0 Å². The highest BCUT2D eigenvalue weighted by Crippen LogP contribution is 2.35. The fraction of sp³-hybridized carbons (Fsp3) is 0.467. The molecular weight excluding hydrogens is 290 g/mol. The normalized spacial score (nSPS) is 20.4. The van der Waals surface area contributed by atoms with Crippen LogP contribution in [0, 0.1) is 0 Å². The molecule has 1 saturated heterocycles. The number of amides is 2. The lowest BCUT2D eigenvalue weighted by Crippen LogP contribution is -2.33. The zero-order valence-corrected chi connectivity index (χ0v) is 12.6. The lowest BCUT2D eigenvalue weighted by molar-refractivity contribution is -0.126. The summed E-state index contributed by atoms with van der Waals surface area (Å²) in [6.45, 7) is 2.81. The summed E-state index contributed by atoms with van der Waals surface area (Å²) in [6.07, 6.45) is 2.36. The molecule has 1 fully saturated rings. The van der Waals surface area contributed by atoms with E-state index in [-0.39, 0.29) is 23.2 Å². The van der Waals surface area contributed by atoms with Gasteiger partial charge < -0.3 is 9.47 Å². The molecule has 2 aliphatic heterocycles. The zero-order chi connectivity index (χ0) is 14.8. The number of imide groups is 1. The second kappa shape index (κ2) is 5.97. The van der Waals surface area contributed by atoms with Gasteiger partial charge in [-0.25, -0.2) is 0 Å². The Bertz CT molecular complexity index is 575. The van der Waals surface area contributed by atoms with E-state index in [4.69, 9.17) is 9.47 Å². The van der Waals surface area contributed by atoms with Crippen LogP contribution in [0.4, 0.5) is 4.79 Å². The molecule has 5 nitrogen and oxygen atoms in total. The monoisotopic (exact) mass is 307 g/mol. The number of hydrogen-bond acceptors (Lipinski definition) is 5. The summed E-state index contributed by atoms with van der Waals surface area (Å²) < 4.78 is 10.6. The van der Waals surface area contributed by atoms with Crippen molar-refractivity contribution in [2.45, 2.75) is 31.4 Å². The summed E-state index contributed by atoms with van der Waals surface area (Å²) in [5.41, 5.74) is 0.982. The molecule has 0 unspecified atom stereocenters. The van der Waals surface area contributed by atoms with E-state index in [1.807, 2.05) is 25.1 Å². The second-order valence-corrected chi connectivity index (χ2v) is 6.26. The third-order valence-corrected chi connectivity index (χ3v) is 4.67. The van der Waals surface area contributed by atoms with E-state index in [0.717, 1.165) is 35.9 Å². The first kappa shape index (κ1) is 14.3. The van der Waals surface area contributed by atoms with Gasteiger partial charge in [-0.05, 0) is 30.5 Å². The largest absolute Gasteiger partial charge is 0.454 e. The molecule has 2 heterocycles. The third-order valence-electron chi connectivity index (χ3n) is 3.60. The van der Waals surface area contributed by atoms with Gasteiger partial charge in [0.1, 0.15) is 0 Å². The van der Waals surface area contributed by atoms with Gasteiger partial charge in [-0.1, -0.05) is 31.2 Å². The van der Waals surface area contributed by atoms with Crippen LogP contribution >= 0.6 is 11.8 Å². The molecule has 112 valence electrons. The molecule has 1 atom stereocenters. The molecule has 0 bridgehead atoms. The Balaban J connectivity index is 1.68. The molecule has 0 aromatic heterocycles. The molecule has 0 spiro atoms. The standard InChI is InChI=1S/C15H17NO4S/c1-2-3-6-16-14(17)13(21-15(16)18)8-10-4-5-11-12(7-10)20-9-19-11/h4-5,7,13H,2-3,6,8-9H2,1H3/t13-/m0/s1. The molecule has 3 rings (SSSR count). The van der Waals surface area contributed by atoms with Crippen molar-refractivity contribution < 1.29 is 19.1 Å². The maximum Gasteiger partial charge on any atom is 0.289 e. The number of benzene rings is 1.